The van der Waals surface area contributed by atoms with Gasteiger partial charge >= 0.3 is 0 Å². The first-order valence-corrected chi connectivity index (χ1v) is 6.82. The van der Waals surface area contributed by atoms with Crippen molar-refractivity contribution in [2.75, 3.05) is 25.1 Å². The number of aliphatic hydroxyl groups excluding tert-OH is 2. The molecular weight excluding hydrogens is 242 g/mol. The average molecular weight is 265 g/mol. The van der Waals surface area contributed by atoms with E-state index in [4.69, 9.17) is 4.74 Å². The van der Waals surface area contributed by atoms with Gasteiger partial charge in [0, 0.05) is 30.3 Å². The van der Waals surface area contributed by atoms with Gasteiger partial charge in [-0.15, -0.1) is 0 Å². The Hall–Kier alpha value is -1.26. The van der Waals surface area contributed by atoms with E-state index in [-0.39, 0.29) is 6.10 Å². The molecule has 1 aromatic carbocycles. The predicted octanol–water partition coefficient (Wildman–Crippen LogP) is 1.96. The Morgan fingerprint density at radius 1 is 1.32 bits per heavy atom. The van der Waals surface area contributed by atoms with Crippen molar-refractivity contribution in [2.24, 2.45) is 5.92 Å². The van der Waals surface area contributed by atoms with Crippen LogP contribution in [0.15, 0.2) is 18.2 Å². The number of benzene rings is 1. The SMILES string of the molecule is COc1cccc(N2CCC(C(C)O)C2)c1[C@@H](C)O. The van der Waals surface area contributed by atoms with Gasteiger partial charge in [0.1, 0.15) is 5.75 Å². The molecule has 106 valence electrons. The van der Waals surface area contributed by atoms with Gasteiger partial charge < -0.3 is 19.8 Å². The number of anilines is 1. The fourth-order valence-electron chi connectivity index (χ4n) is 2.81. The van der Waals surface area contributed by atoms with Gasteiger partial charge in [-0.05, 0) is 32.4 Å². The minimum absolute atomic E-state index is 0.286. The number of hydrogen-bond donors (Lipinski definition) is 2. The molecule has 3 atom stereocenters. The second-order valence-corrected chi connectivity index (χ2v) is 5.30. The highest BCUT2D eigenvalue weighted by molar-refractivity contribution is 5.61. The third-order valence-corrected chi connectivity index (χ3v) is 3.93. The van der Waals surface area contributed by atoms with Crippen molar-refractivity contribution in [2.45, 2.75) is 32.5 Å². The Morgan fingerprint density at radius 3 is 2.58 bits per heavy atom. The Kier molecular flexibility index (Phi) is 4.32. The molecule has 1 aromatic rings. The van der Waals surface area contributed by atoms with Crippen LogP contribution in [0.25, 0.3) is 0 Å². The number of nitrogens with zero attached hydrogens (tertiary/aromatic N) is 1. The molecule has 19 heavy (non-hydrogen) atoms. The molecule has 2 rings (SSSR count). The molecule has 0 aliphatic carbocycles. The van der Waals surface area contributed by atoms with E-state index in [0.717, 1.165) is 30.8 Å². The summed E-state index contributed by atoms with van der Waals surface area (Å²) in [5.74, 6) is 1.01. The summed E-state index contributed by atoms with van der Waals surface area (Å²) in [6.07, 6.45) is 0.121. The first-order chi connectivity index (χ1) is 9.04. The molecule has 1 heterocycles. The van der Waals surface area contributed by atoms with E-state index >= 15 is 0 Å². The summed E-state index contributed by atoms with van der Waals surface area (Å²) in [6.45, 7) is 5.33. The standard InChI is InChI=1S/C15H23NO3/c1-10(17)12-7-8-16(9-12)13-5-4-6-14(19-3)15(13)11(2)18/h4-6,10-12,17-18H,7-9H2,1-3H3/t10?,11-,12?/m1/s1. The van der Waals surface area contributed by atoms with Crippen LogP contribution in [0.1, 0.15) is 31.9 Å². The number of hydrogen-bond acceptors (Lipinski definition) is 4. The normalized spacial score (nSPS) is 22.4. The Labute approximate surface area is 114 Å². The summed E-state index contributed by atoms with van der Waals surface area (Å²) < 4.78 is 5.35. The highest BCUT2D eigenvalue weighted by atomic mass is 16.5. The van der Waals surface area contributed by atoms with Crippen LogP contribution in [0.5, 0.6) is 5.75 Å². The molecule has 0 aromatic heterocycles. The van der Waals surface area contributed by atoms with Crippen molar-refractivity contribution >= 4 is 5.69 Å². The lowest BCUT2D eigenvalue weighted by atomic mass is 10.0. The first-order valence-electron chi connectivity index (χ1n) is 6.82. The van der Waals surface area contributed by atoms with Crippen molar-refractivity contribution < 1.29 is 14.9 Å². The fourth-order valence-corrected chi connectivity index (χ4v) is 2.81. The van der Waals surface area contributed by atoms with Gasteiger partial charge in [0.25, 0.3) is 0 Å². The number of rotatable bonds is 4. The molecule has 2 unspecified atom stereocenters. The second kappa shape index (κ2) is 5.80. The van der Waals surface area contributed by atoms with Crippen molar-refractivity contribution in [3.63, 3.8) is 0 Å². The molecule has 4 heteroatoms. The zero-order valence-corrected chi connectivity index (χ0v) is 11.8. The largest absolute Gasteiger partial charge is 0.496 e. The van der Waals surface area contributed by atoms with Gasteiger partial charge in [-0.1, -0.05) is 6.07 Å². The van der Waals surface area contributed by atoms with Gasteiger partial charge in [-0.2, -0.15) is 0 Å². The van der Waals surface area contributed by atoms with E-state index in [1.807, 2.05) is 25.1 Å². The van der Waals surface area contributed by atoms with E-state index in [2.05, 4.69) is 4.90 Å². The van der Waals surface area contributed by atoms with Gasteiger partial charge in [0.15, 0.2) is 0 Å². The zero-order chi connectivity index (χ0) is 14.0. The summed E-state index contributed by atoms with van der Waals surface area (Å²) in [4.78, 5) is 2.22. The van der Waals surface area contributed by atoms with Crippen LogP contribution in [-0.2, 0) is 0 Å². The van der Waals surface area contributed by atoms with Crippen molar-refractivity contribution in [1.29, 1.82) is 0 Å². The maximum absolute atomic E-state index is 10.00. The molecule has 4 nitrogen and oxygen atoms in total. The Balaban J connectivity index is 2.30. The summed E-state index contributed by atoms with van der Waals surface area (Å²) in [6, 6.07) is 5.82. The van der Waals surface area contributed by atoms with Gasteiger partial charge in [-0.3, -0.25) is 0 Å². The van der Waals surface area contributed by atoms with E-state index in [9.17, 15) is 10.2 Å². The fraction of sp³-hybridized carbons (Fsp3) is 0.600. The number of ether oxygens (including phenoxy) is 1. The highest BCUT2D eigenvalue weighted by Gasteiger charge is 2.28. The van der Waals surface area contributed by atoms with Gasteiger partial charge in [-0.25, -0.2) is 0 Å². The summed E-state index contributed by atoms with van der Waals surface area (Å²) >= 11 is 0. The molecule has 0 bridgehead atoms. The number of aliphatic hydroxyl groups is 2. The van der Waals surface area contributed by atoms with Gasteiger partial charge in [0.05, 0.1) is 19.3 Å². The second-order valence-electron chi connectivity index (χ2n) is 5.30. The molecule has 2 N–H and O–H groups in total. The van der Waals surface area contributed by atoms with Crippen LogP contribution < -0.4 is 9.64 Å². The Bertz CT molecular complexity index is 431. The summed E-state index contributed by atoms with van der Waals surface area (Å²) in [5.41, 5.74) is 1.84. The molecule has 1 fully saturated rings. The zero-order valence-electron chi connectivity index (χ0n) is 11.8. The van der Waals surface area contributed by atoms with E-state index in [0.29, 0.717) is 11.7 Å². The lowest BCUT2D eigenvalue weighted by Gasteiger charge is -2.25. The minimum Gasteiger partial charge on any atom is -0.496 e. The third kappa shape index (κ3) is 2.85. The molecule has 0 radical (unpaired) electrons. The molecule has 1 aliphatic heterocycles. The quantitative estimate of drug-likeness (QED) is 0.874. The van der Waals surface area contributed by atoms with Gasteiger partial charge in [0.2, 0.25) is 0 Å². The van der Waals surface area contributed by atoms with Crippen molar-refractivity contribution in [3.8, 4) is 5.75 Å². The molecule has 0 amide bonds. The van der Waals surface area contributed by atoms with Crippen molar-refractivity contribution in [1.82, 2.24) is 0 Å². The topological polar surface area (TPSA) is 52.9 Å². The monoisotopic (exact) mass is 265 g/mol. The summed E-state index contributed by atoms with van der Waals surface area (Å²) in [5, 5.41) is 19.7. The van der Waals surface area contributed by atoms with Crippen molar-refractivity contribution in [3.05, 3.63) is 23.8 Å². The smallest absolute Gasteiger partial charge is 0.126 e. The minimum atomic E-state index is -0.572. The molecule has 1 saturated heterocycles. The van der Waals surface area contributed by atoms with Crippen LogP contribution in [0, 0.1) is 5.92 Å². The molecule has 0 saturated carbocycles. The third-order valence-electron chi connectivity index (χ3n) is 3.93. The number of methoxy groups -OCH3 is 1. The molecule has 1 aliphatic rings. The maximum atomic E-state index is 10.00. The van der Waals surface area contributed by atoms with E-state index in [1.165, 1.54) is 0 Å². The maximum Gasteiger partial charge on any atom is 0.126 e. The van der Waals surface area contributed by atoms with E-state index < -0.39 is 6.10 Å². The Morgan fingerprint density at radius 2 is 2.05 bits per heavy atom. The van der Waals surface area contributed by atoms with E-state index in [1.54, 1.807) is 14.0 Å². The predicted molar refractivity (Wildman–Crippen MR) is 75.6 cm³/mol. The highest BCUT2D eigenvalue weighted by Crippen LogP contribution is 2.37. The molecule has 0 spiro atoms. The van der Waals surface area contributed by atoms with Crippen LogP contribution in [0.3, 0.4) is 0 Å². The van der Waals surface area contributed by atoms with Crippen LogP contribution in [0.4, 0.5) is 5.69 Å². The first kappa shape index (κ1) is 14.2. The van der Waals surface area contributed by atoms with Crippen LogP contribution >= 0.6 is 0 Å². The summed E-state index contributed by atoms with van der Waals surface area (Å²) in [7, 11) is 1.62. The lowest BCUT2D eigenvalue weighted by Crippen LogP contribution is -2.25. The average Bonchev–Trinajstić information content (AvgIpc) is 2.87. The van der Waals surface area contributed by atoms with Crippen LogP contribution in [0.2, 0.25) is 0 Å². The molecular formula is C15H23NO3. The lowest BCUT2D eigenvalue weighted by molar-refractivity contribution is 0.136. The van der Waals surface area contributed by atoms with Crippen LogP contribution in [-0.4, -0.2) is 36.5 Å².